The van der Waals surface area contributed by atoms with Crippen LogP contribution in [-0.2, 0) is 11.3 Å². The van der Waals surface area contributed by atoms with Crippen LogP contribution >= 0.6 is 11.3 Å². The predicted octanol–water partition coefficient (Wildman–Crippen LogP) is 3.56. The van der Waals surface area contributed by atoms with Crippen molar-refractivity contribution in [2.75, 3.05) is 7.11 Å². The Morgan fingerprint density at radius 2 is 2.35 bits per heavy atom. The van der Waals surface area contributed by atoms with E-state index in [1.807, 2.05) is 10.9 Å². The summed E-state index contributed by atoms with van der Waals surface area (Å²) in [5.74, 6) is 0.710. The van der Waals surface area contributed by atoms with Gasteiger partial charge in [0.1, 0.15) is 5.76 Å². The molecule has 0 unspecified atom stereocenters. The van der Waals surface area contributed by atoms with E-state index in [4.69, 9.17) is 4.74 Å². The molecule has 0 amide bonds. The largest absolute Gasteiger partial charge is 0.496 e. The number of aryl methyl sites for hydroxylation is 2. The second-order valence-electron chi connectivity index (χ2n) is 3.82. The van der Waals surface area contributed by atoms with Crippen molar-refractivity contribution in [2.45, 2.75) is 20.4 Å². The van der Waals surface area contributed by atoms with Crippen LogP contribution in [0.15, 0.2) is 24.2 Å². The van der Waals surface area contributed by atoms with E-state index in [0.29, 0.717) is 5.76 Å². The summed E-state index contributed by atoms with van der Waals surface area (Å²) >= 11 is 1.64. The number of hydrogen-bond donors (Lipinski definition) is 0. The molecular weight excluding hydrogens is 232 g/mol. The van der Waals surface area contributed by atoms with Crippen LogP contribution in [0.2, 0.25) is 0 Å². The lowest BCUT2D eigenvalue weighted by molar-refractivity contribution is 0.373. The average Bonchev–Trinajstić information content (AvgIpc) is 2.93. The van der Waals surface area contributed by atoms with Crippen molar-refractivity contribution < 1.29 is 4.74 Å². The van der Waals surface area contributed by atoms with Crippen LogP contribution in [0.5, 0.6) is 0 Å². The number of aromatic nitrogens is 2. The molecule has 2 rings (SSSR count). The van der Waals surface area contributed by atoms with Crippen molar-refractivity contribution in [3.63, 3.8) is 0 Å². The molecule has 0 aliphatic rings. The third-order valence-electron chi connectivity index (χ3n) is 2.72. The molecule has 0 saturated carbocycles. The first-order valence-electron chi connectivity index (χ1n) is 5.52. The van der Waals surface area contributed by atoms with E-state index in [-0.39, 0.29) is 0 Å². The highest BCUT2D eigenvalue weighted by molar-refractivity contribution is 7.11. The van der Waals surface area contributed by atoms with Crippen LogP contribution < -0.4 is 0 Å². The van der Waals surface area contributed by atoms with Crippen LogP contribution in [-0.4, -0.2) is 16.9 Å². The molecule has 2 aromatic rings. The SMILES string of the molecule is C=C(OC)c1cc(-c2c(C)cnn2CC)cs1. The van der Waals surface area contributed by atoms with Gasteiger partial charge in [0.15, 0.2) is 0 Å². The van der Waals surface area contributed by atoms with Gasteiger partial charge in [-0.2, -0.15) is 5.10 Å². The van der Waals surface area contributed by atoms with Crippen LogP contribution in [0, 0.1) is 6.92 Å². The number of thiophene rings is 1. The monoisotopic (exact) mass is 248 g/mol. The molecule has 0 aromatic carbocycles. The molecule has 3 nitrogen and oxygen atoms in total. The summed E-state index contributed by atoms with van der Waals surface area (Å²) in [5, 5.41) is 6.47. The molecule has 17 heavy (non-hydrogen) atoms. The van der Waals surface area contributed by atoms with E-state index in [1.54, 1.807) is 18.4 Å². The first kappa shape index (κ1) is 11.9. The lowest BCUT2D eigenvalue weighted by Crippen LogP contribution is -1.98. The van der Waals surface area contributed by atoms with Gasteiger partial charge < -0.3 is 4.74 Å². The van der Waals surface area contributed by atoms with Crippen molar-refractivity contribution in [2.24, 2.45) is 0 Å². The molecule has 0 N–H and O–H groups in total. The van der Waals surface area contributed by atoms with Crippen molar-refractivity contribution >= 4 is 17.1 Å². The van der Waals surface area contributed by atoms with Crippen LogP contribution in [0.25, 0.3) is 17.0 Å². The lowest BCUT2D eigenvalue weighted by atomic mass is 10.1. The van der Waals surface area contributed by atoms with E-state index in [2.05, 4.69) is 37.0 Å². The van der Waals surface area contributed by atoms with Gasteiger partial charge in [-0.3, -0.25) is 4.68 Å². The molecule has 90 valence electrons. The minimum absolute atomic E-state index is 0.710. The van der Waals surface area contributed by atoms with Gasteiger partial charge >= 0.3 is 0 Å². The van der Waals surface area contributed by atoms with E-state index >= 15 is 0 Å². The van der Waals surface area contributed by atoms with Crippen LogP contribution in [0.3, 0.4) is 0 Å². The molecule has 0 aliphatic carbocycles. The first-order chi connectivity index (χ1) is 8.17. The molecule has 0 radical (unpaired) electrons. The van der Waals surface area contributed by atoms with Crippen molar-refractivity contribution in [3.05, 3.63) is 34.7 Å². The van der Waals surface area contributed by atoms with Gasteiger partial charge in [0, 0.05) is 17.5 Å². The second-order valence-corrected chi connectivity index (χ2v) is 4.73. The number of hydrogen-bond acceptors (Lipinski definition) is 3. The zero-order chi connectivity index (χ0) is 12.4. The lowest BCUT2D eigenvalue weighted by Gasteiger charge is -2.03. The van der Waals surface area contributed by atoms with Crippen LogP contribution in [0.1, 0.15) is 17.4 Å². The van der Waals surface area contributed by atoms with Crippen molar-refractivity contribution in [1.29, 1.82) is 0 Å². The third kappa shape index (κ3) is 2.13. The maximum Gasteiger partial charge on any atom is 0.128 e. The molecule has 2 heterocycles. The summed E-state index contributed by atoms with van der Waals surface area (Å²) < 4.78 is 7.16. The summed E-state index contributed by atoms with van der Waals surface area (Å²) in [6.45, 7) is 8.92. The van der Waals surface area contributed by atoms with E-state index < -0.39 is 0 Å². The van der Waals surface area contributed by atoms with Crippen LogP contribution in [0.4, 0.5) is 0 Å². The Kier molecular flexibility index (Phi) is 3.33. The standard InChI is InChI=1S/C13H16N2OS/c1-5-15-13(9(2)7-14-15)11-6-12(17-8-11)10(3)16-4/h6-8H,3,5H2,1-2,4H3. The molecular formula is C13H16N2OS. The first-order valence-corrected chi connectivity index (χ1v) is 6.40. The van der Waals surface area contributed by atoms with E-state index in [1.165, 1.54) is 16.8 Å². The maximum absolute atomic E-state index is 5.15. The highest BCUT2D eigenvalue weighted by Crippen LogP contribution is 2.31. The number of nitrogens with zero attached hydrogens (tertiary/aromatic N) is 2. The zero-order valence-electron chi connectivity index (χ0n) is 10.4. The van der Waals surface area contributed by atoms with Gasteiger partial charge in [-0.15, -0.1) is 11.3 Å². The maximum atomic E-state index is 5.15. The fraction of sp³-hybridized carbons (Fsp3) is 0.308. The van der Waals surface area contributed by atoms with Gasteiger partial charge in [0.25, 0.3) is 0 Å². The highest BCUT2D eigenvalue weighted by atomic mass is 32.1. The Morgan fingerprint density at radius 1 is 1.59 bits per heavy atom. The molecule has 0 bridgehead atoms. The normalized spacial score (nSPS) is 10.5. The Hall–Kier alpha value is -1.55. The Balaban J connectivity index is 2.43. The zero-order valence-corrected chi connectivity index (χ0v) is 11.2. The summed E-state index contributed by atoms with van der Waals surface area (Å²) in [4.78, 5) is 1.06. The Bertz CT molecular complexity index is 539. The smallest absolute Gasteiger partial charge is 0.128 e. The molecule has 2 aromatic heterocycles. The van der Waals surface area contributed by atoms with E-state index in [0.717, 1.165) is 11.4 Å². The predicted molar refractivity (Wildman–Crippen MR) is 72.0 cm³/mol. The fourth-order valence-electron chi connectivity index (χ4n) is 1.80. The summed E-state index contributed by atoms with van der Waals surface area (Å²) in [6.07, 6.45) is 1.90. The van der Waals surface area contributed by atoms with Gasteiger partial charge in [-0.25, -0.2) is 0 Å². The molecule has 0 spiro atoms. The van der Waals surface area contributed by atoms with E-state index in [9.17, 15) is 0 Å². The van der Waals surface area contributed by atoms with Gasteiger partial charge in [0.05, 0.1) is 23.9 Å². The number of ether oxygens (including phenoxy) is 1. The Morgan fingerprint density at radius 3 is 3.00 bits per heavy atom. The summed E-state index contributed by atoms with van der Waals surface area (Å²) in [5.41, 5.74) is 3.55. The topological polar surface area (TPSA) is 27.1 Å². The van der Waals surface area contributed by atoms with Crippen molar-refractivity contribution in [1.82, 2.24) is 9.78 Å². The molecule has 0 aliphatic heterocycles. The van der Waals surface area contributed by atoms with Crippen molar-refractivity contribution in [3.8, 4) is 11.3 Å². The number of rotatable bonds is 4. The minimum Gasteiger partial charge on any atom is -0.496 e. The van der Waals surface area contributed by atoms with Gasteiger partial charge in [-0.05, 0) is 25.5 Å². The quantitative estimate of drug-likeness (QED) is 0.774. The fourth-order valence-corrected chi connectivity index (χ4v) is 2.65. The highest BCUT2D eigenvalue weighted by Gasteiger charge is 2.12. The molecule has 0 saturated heterocycles. The molecule has 4 heteroatoms. The van der Waals surface area contributed by atoms with Gasteiger partial charge in [0.2, 0.25) is 0 Å². The minimum atomic E-state index is 0.710. The molecule has 0 atom stereocenters. The number of methoxy groups -OCH3 is 1. The van der Waals surface area contributed by atoms with Gasteiger partial charge in [-0.1, -0.05) is 6.58 Å². The Labute approximate surface area is 105 Å². The average molecular weight is 248 g/mol. The second kappa shape index (κ2) is 4.75. The third-order valence-corrected chi connectivity index (χ3v) is 3.69. The molecule has 0 fully saturated rings. The summed E-state index contributed by atoms with van der Waals surface area (Å²) in [7, 11) is 1.64. The summed E-state index contributed by atoms with van der Waals surface area (Å²) in [6, 6.07) is 2.10.